The van der Waals surface area contributed by atoms with Gasteiger partial charge < -0.3 is 15.3 Å². The maximum absolute atomic E-state index is 11.5. The third-order valence-corrected chi connectivity index (χ3v) is 3.15. The number of aliphatic carboxylic acids is 1. The topological polar surface area (TPSA) is 94.8 Å². The first kappa shape index (κ1) is 12.7. The van der Waals surface area contributed by atoms with Gasteiger partial charge in [0.25, 0.3) is 0 Å². The zero-order valence-electron chi connectivity index (χ0n) is 9.67. The number of carbonyl (C=O) groups excluding carboxylic acids is 1. The van der Waals surface area contributed by atoms with E-state index in [4.69, 9.17) is 5.11 Å². The standard InChI is InChI=1S/C13H14O5/c14-10-4-3-7-1-2-8(5-9(7)10)13(18)11(15)6-12(16)17/h1-2,5,11,13,15,18H,3-4,6H2,(H,16,17). The van der Waals surface area contributed by atoms with Crippen molar-refractivity contribution in [2.75, 3.05) is 0 Å². The van der Waals surface area contributed by atoms with Gasteiger partial charge in [0.15, 0.2) is 5.78 Å². The number of carboxylic acids is 1. The van der Waals surface area contributed by atoms with Crippen LogP contribution in [0.25, 0.3) is 0 Å². The van der Waals surface area contributed by atoms with Crippen LogP contribution in [0.2, 0.25) is 0 Å². The summed E-state index contributed by atoms with van der Waals surface area (Å²) >= 11 is 0. The molecule has 1 aliphatic carbocycles. The Hall–Kier alpha value is -1.72. The minimum Gasteiger partial charge on any atom is -0.481 e. The molecule has 2 rings (SSSR count). The largest absolute Gasteiger partial charge is 0.481 e. The minimum absolute atomic E-state index is 0.0202. The second-order valence-electron chi connectivity index (χ2n) is 4.45. The van der Waals surface area contributed by atoms with Crippen LogP contribution in [0.15, 0.2) is 18.2 Å². The Morgan fingerprint density at radius 1 is 1.28 bits per heavy atom. The van der Waals surface area contributed by atoms with E-state index in [9.17, 15) is 19.8 Å². The Kier molecular flexibility index (Phi) is 3.45. The summed E-state index contributed by atoms with van der Waals surface area (Å²) in [7, 11) is 0. The Bertz CT molecular complexity index is 494. The molecule has 18 heavy (non-hydrogen) atoms. The van der Waals surface area contributed by atoms with Crippen molar-refractivity contribution in [3.63, 3.8) is 0 Å². The van der Waals surface area contributed by atoms with Gasteiger partial charge in [0.1, 0.15) is 6.10 Å². The summed E-state index contributed by atoms with van der Waals surface area (Å²) < 4.78 is 0. The minimum atomic E-state index is -1.38. The van der Waals surface area contributed by atoms with Gasteiger partial charge in [-0.15, -0.1) is 0 Å². The number of Topliss-reactive ketones (excluding diaryl/α,β-unsaturated/α-hetero) is 1. The van der Waals surface area contributed by atoms with Crippen LogP contribution in [0, 0.1) is 0 Å². The summed E-state index contributed by atoms with van der Waals surface area (Å²) in [6.45, 7) is 0. The van der Waals surface area contributed by atoms with Crippen molar-refractivity contribution in [2.45, 2.75) is 31.5 Å². The fourth-order valence-corrected chi connectivity index (χ4v) is 2.15. The van der Waals surface area contributed by atoms with Crippen LogP contribution in [0.1, 0.15) is 40.4 Å². The fourth-order valence-electron chi connectivity index (χ4n) is 2.15. The van der Waals surface area contributed by atoms with Crippen molar-refractivity contribution in [1.29, 1.82) is 0 Å². The number of benzene rings is 1. The van der Waals surface area contributed by atoms with Gasteiger partial charge in [-0.1, -0.05) is 12.1 Å². The quantitative estimate of drug-likeness (QED) is 0.730. The zero-order valence-corrected chi connectivity index (χ0v) is 9.67. The maximum atomic E-state index is 11.5. The van der Waals surface area contributed by atoms with Gasteiger partial charge in [-0.3, -0.25) is 9.59 Å². The molecular weight excluding hydrogens is 236 g/mol. The van der Waals surface area contributed by atoms with Crippen molar-refractivity contribution in [3.05, 3.63) is 34.9 Å². The van der Waals surface area contributed by atoms with E-state index in [-0.39, 0.29) is 5.78 Å². The highest BCUT2D eigenvalue weighted by atomic mass is 16.4. The lowest BCUT2D eigenvalue weighted by atomic mass is 9.98. The number of carbonyl (C=O) groups is 2. The lowest BCUT2D eigenvalue weighted by molar-refractivity contribution is -0.141. The third-order valence-electron chi connectivity index (χ3n) is 3.15. The molecule has 5 nitrogen and oxygen atoms in total. The average Bonchev–Trinajstić information content (AvgIpc) is 2.69. The average molecular weight is 250 g/mol. The predicted octanol–water partition coefficient (Wildman–Crippen LogP) is 0.685. The third kappa shape index (κ3) is 2.42. The summed E-state index contributed by atoms with van der Waals surface area (Å²) in [5.41, 5.74) is 1.87. The van der Waals surface area contributed by atoms with E-state index in [1.165, 1.54) is 0 Å². The van der Waals surface area contributed by atoms with E-state index in [1.54, 1.807) is 18.2 Å². The first-order valence-corrected chi connectivity index (χ1v) is 5.73. The molecule has 0 spiro atoms. The number of fused-ring (bicyclic) bond motifs is 1. The van der Waals surface area contributed by atoms with Gasteiger partial charge >= 0.3 is 5.97 Å². The Labute approximate surface area is 104 Å². The molecule has 0 aliphatic heterocycles. The molecule has 5 heteroatoms. The molecule has 2 atom stereocenters. The number of hydrogen-bond acceptors (Lipinski definition) is 4. The molecule has 0 bridgehead atoms. The summed E-state index contributed by atoms with van der Waals surface area (Å²) in [6.07, 6.45) is -2.04. The number of ketones is 1. The monoisotopic (exact) mass is 250 g/mol. The number of carboxylic acid groups (broad SMARTS) is 1. The summed E-state index contributed by atoms with van der Waals surface area (Å²) in [5.74, 6) is -1.16. The van der Waals surface area contributed by atoms with Gasteiger partial charge in [-0.25, -0.2) is 0 Å². The molecule has 1 aromatic rings. The number of aryl methyl sites for hydroxylation is 1. The van der Waals surface area contributed by atoms with Gasteiger partial charge in [-0.05, 0) is 23.6 Å². The molecule has 0 fully saturated rings. The van der Waals surface area contributed by atoms with Crippen LogP contribution in [-0.4, -0.2) is 33.2 Å². The van der Waals surface area contributed by atoms with Crippen LogP contribution in [-0.2, 0) is 11.2 Å². The second kappa shape index (κ2) is 4.88. The van der Waals surface area contributed by atoms with Crippen molar-refractivity contribution >= 4 is 11.8 Å². The highest BCUT2D eigenvalue weighted by Gasteiger charge is 2.25. The second-order valence-corrected chi connectivity index (χ2v) is 4.45. The molecule has 96 valence electrons. The van der Waals surface area contributed by atoms with Gasteiger partial charge in [0.2, 0.25) is 0 Å². The van der Waals surface area contributed by atoms with E-state index in [0.29, 0.717) is 24.0 Å². The SMILES string of the molecule is O=C(O)CC(O)C(O)c1ccc2c(c1)C(=O)CC2. The maximum Gasteiger partial charge on any atom is 0.306 e. The van der Waals surface area contributed by atoms with E-state index < -0.39 is 24.6 Å². The molecule has 0 saturated heterocycles. The number of rotatable bonds is 4. The molecule has 0 saturated carbocycles. The smallest absolute Gasteiger partial charge is 0.306 e. The van der Waals surface area contributed by atoms with Gasteiger partial charge in [0, 0.05) is 12.0 Å². The Morgan fingerprint density at radius 2 is 2.00 bits per heavy atom. The molecule has 0 heterocycles. The molecule has 0 aromatic heterocycles. The van der Waals surface area contributed by atoms with Crippen LogP contribution < -0.4 is 0 Å². The summed E-state index contributed by atoms with van der Waals surface area (Å²) in [5, 5.41) is 27.9. The first-order valence-electron chi connectivity index (χ1n) is 5.73. The lowest BCUT2D eigenvalue weighted by Gasteiger charge is -2.17. The molecule has 1 aliphatic rings. The molecular formula is C13H14O5. The van der Waals surface area contributed by atoms with E-state index in [1.807, 2.05) is 0 Å². The predicted molar refractivity (Wildman–Crippen MR) is 62.3 cm³/mol. The van der Waals surface area contributed by atoms with Crippen LogP contribution in [0.5, 0.6) is 0 Å². The highest BCUT2D eigenvalue weighted by molar-refractivity contribution is 6.00. The molecule has 2 unspecified atom stereocenters. The van der Waals surface area contributed by atoms with E-state index in [2.05, 4.69) is 0 Å². The van der Waals surface area contributed by atoms with Gasteiger partial charge in [0.05, 0.1) is 12.5 Å². The molecule has 3 N–H and O–H groups in total. The van der Waals surface area contributed by atoms with E-state index >= 15 is 0 Å². The number of aliphatic hydroxyl groups excluding tert-OH is 2. The number of aliphatic hydroxyl groups is 2. The fraction of sp³-hybridized carbons (Fsp3) is 0.385. The van der Waals surface area contributed by atoms with Crippen LogP contribution in [0.3, 0.4) is 0 Å². The summed E-state index contributed by atoms with van der Waals surface area (Å²) in [4.78, 5) is 22.0. The Balaban J connectivity index is 2.21. The molecule has 1 aromatic carbocycles. The molecule has 0 amide bonds. The van der Waals surface area contributed by atoms with Crippen molar-refractivity contribution < 1.29 is 24.9 Å². The number of hydrogen-bond donors (Lipinski definition) is 3. The van der Waals surface area contributed by atoms with E-state index in [0.717, 1.165) is 5.56 Å². The van der Waals surface area contributed by atoms with Crippen LogP contribution >= 0.6 is 0 Å². The normalized spacial score (nSPS) is 17.3. The lowest BCUT2D eigenvalue weighted by Crippen LogP contribution is -2.22. The van der Waals surface area contributed by atoms with Crippen LogP contribution in [0.4, 0.5) is 0 Å². The molecule has 0 radical (unpaired) electrons. The van der Waals surface area contributed by atoms with Crippen molar-refractivity contribution in [3.8, 4) is 0 Å². The summed E-state index contributed by atoms with van der Waals surface area (Å²) in [6, 6.07) is 4.90. The van der Waals surface area contributed by atoms with Crippen molar-refractivity contribution in [2.24, 2.45) is 0 Å². The Morgan fingerprint density at radius 3 is 2.67 bits per heavy atom. The first-order chi connectivity index (χ1) is 8.49. The highest BCUT2D eigenvalue weighted by Crippen LogP contribution is 2.27. The zero-order chi connectivity index (χ0) is 13.3. The van der Waals surface area contributed by atoms with Crippen molar-refractivity contribution in [1.82, 2.24) is 0 Å². The van der Waals surface area contributed by atoms with Gasteiger partial charge in [-0.2, -0.15) is 0 Å².